The summed E-state index contributed by atoms with van der Waals surface area (Å²) in [7, 11) is 1.18. The number of rotatable bonds is 5. The summed E-state index contributed by atoms with van der Waals surface area (Å²) in [4.78, 5) is 32.6. The van der Waals surface area contributed by atoms with Crippen molar-refractivity contribution in [1.29, 1.82) is 0 Å². The number of Topliss-reactive ketones (excluding diaryl/α,β-unsaturated/α-hetero) is 1. The lowest BCUT2D eigenvalue weighted by Gasteiger charge is -2.01. The van der Waals surface area contributed by atoms with Crippen molar-refractivity contribution in [2.24, 2.45) is 0 Å². The summed E-state index contributed by atoms with van der Waals surface area (Å²) in [5, 5.41) is 8.58. The van der Waals surface area contributed by atoms with E-state index in [1.54, 1.807) is 18.2 Å². The van der Waals surface area contributed by atoms with Crippen molar-refractivity contribution in [2.45, 2.75) is 22.1 Å². The molecular formula is C19H17Br2Cl3O5S2. The Hall–Kier alpha value is -0.420. The van der Waals surface area contributed by atoms with Crippen LogP contribution in [0, 0.1) is 0 Å². The lowest BCUT2D eigenvalue weighted by molar-refractivity contribution is -0.142. The zero-order chi connectivity index (χ0) is 24.1. The Bertz CT molecular complexity index is 916. The molecular weight excluding hydrogens is 639 g/mol. The molecule has 0 radical (unpaired) electrons. The Balaban J connectivity index is 0.000000448. The van der Waals surface area contributed by atoms with Crippen molar-refractivity contribution in [2.75, 3.05) is 12.9 Å². The molecule has 1 unspecified atom stereocenters. The normalized spacial score (nSPS) is 10.6. The summed E-state index contributed by atoms with van der Waals surface area (Å²) >= 11 is 28.7. The summed E-state index contributed by atoms with van der Waals surface area (Å²) < 4.78 is 6.07. The minimum atomic E-state index is -1.14. The van der Waals surface area contributed by atoms with Crippen LogP contribution in [0.25, 0.3) is 0 Å². The van der Waals surface area contributed by atoms with E-state index in [0.717, 1.165) is 18.7 Å². The Kier molecular flexibility index (Phi) is 16.0. The number of carboxylic acids is 1. The number of carbonyl (C=O) groups is 3. The van der Waals surface area contributed by atoms with E-state index in [9.17, 15) is 14.4 Å². The second-order valence-corrected chi connectivity index (χ2v) is 9.93. The Morgan fingerprint density at radius 3 is 2.00 bits per heavy atom. The Morgan fingerprint density at radius 1 is 1.10 bits per heavy atom. The van der Waals surface area contributed by atoms with Gasteiger partial charge in [0, 0.05) is 18.7 Å². The Morgan fingerprint density at radius 2 is 1.61 bits per heavy atom. The average molecular weight is 656 g/mol. The molecule has 0 saturated carbocycles. The predicted octanol–water partition coefficient (Wildman–Crippen LogP) is 7.03. The number of esters is 1. The van der Waals surface area contributed by atoms with Crippen LogP contribution in [-0.4, -0.2) is 41.1 Å². The van der Waals surface area contributed by atoms with Gasteiger partial charge in [-0.2, -0.15) is 0 Å². The van der Waals surface area contributed by atoms with Gasteiger partial charge in [-0.1, -0.05) is 55.1 Å². The van der Waals surface area contributed by atoms with Crippen LogP contribution in [0.15, 0.2) is 55.1 Å². The summed E-state index contributed by atoms with van der Waals surface area (Å²) in [6, 6.07) is 10.9. The van der Waals surface area contributed by atoms with Gasteiger partial charge in [-0.25, -0.2) is 4.79 Å². The van der Waals surface area contributed by atoms with Crippen molar-refractivity contribution in [3.63, 3.8) is 0 Å². The lowest BCUT2D eigenvalue weighted by atomic mass is 10.3. The number of ketones is 1. The van der Waals surface area contributed by atoms with E-state index in [-0.39, 0.29) is 5.75 Å². The molecule has 0 aliphatic rings. The van der Waals surface area contributed by atoms with E-state index in [4.69, 9.17) is 39.9 Å². The number of carboxylic acid groups (broad SMARTS) is 1. The van der Waals surface area contributed by atoms with Gasteiger partial charge >= 0.3 is 11.9 Å². The highest BCUT2D eigenvalue weighted by Gasteiger charge is 2.19. The number of aliphatic carboxylic acids is 1. The maximum Gasteiger partial charge on any atom is 0.331 e. The van der Waals surface area contributed by atoms with E-state index < -0.39 is 23.1 Å². The molecule has 0 amide bonds. The standard InChI is InChI=1S/C8H6BrClO2S.C6H4BrClS.C5H7ClO3/c9-5-1-2-6(10)7(3-5)13-4-8(11)12;7-4-1-2-5(8)6(9)3-4;1-3(7)4(6)5(8)9-2/h1-3H,4H2,(H,11,12);1-3,9H;4H,1-2H3. The van der Waals surface area contributed by atoms with Crippen LogP contribution in [0.3, 0.4) is 0 Å². The van der Waals surface area contributed by atoms with Crippen molar-refractivity contribution >= 4 is 109 Å². The number of ether oxygens (including phenoxy) is 1. The topological polar surface area (TPSA) is 80.7 Å². The van der Waals surface area contributed by atoms with Gasteiger partial charge in [0.15, 0.2) is 11.2 Å². The number of hydrogen-bond acceptors (Lipinski definition) is 6. The molecule has 0 fully saturated rings. The molecule has 5 nitrogen and oxygen atoms in total. The van der Waals surface area contributed by atoms with E-state index in [1.807, 2.05) is 18.2 Å². The van der Waals surface area contributed by atoms with Gasteiger partial charge in [-0.15, -0.1) is 36.0 Å². The van der Waals surface area contributed by atoms with E-state index in [0.29, 0.717) is 10.0 Å². The average Bonchev–Trinajstić information content (AvgIpc) is 2.71. The van der Waals surface area contributed by atoms with Crippen LogP contribution in [-0.2, 0) is 19.1 Å². The van der Waals surface area contributed by atoms with Crippen LogP contribution in [0.2, 0.25) is 10.0 Å². The van der Waals surface area contributed by atoms with Gasteiger partial charge in [0.25, 0.3) is 0 Å². The molecule has 2 rings (SSSR count). The number of halogens is 5. The van der Waals surface area contributed by atoms with Gasteiger partial charge in [-0.05, 0) is 43.3 Å². The summed E-state index contributed by atoms with van der Waals surface area (Å²) in [6.07, 6.45) is 0. The van der Waals surface area contributed by atoms with E-state index in [2.05, 4.69) is 49.2 Å². The predicted molar refractivity (Wildman–Crippen MR) is 136 cm³/mol. The maximum absolute atomic E-state index is 10.4. The van der Waals surface area contributed by atoms with E-state index in [1.165, 1.54) is 25.8 Å². The summed E-state index contributed by atoms with van der Waals surface area (Å²) in [5.41, 5.74) is 0. The molecule has 2 aromatic rings. The number of hydrogen-bond donors (Lipinski definition) is 2. The third-order valence-corrected chi connectivity index (χ3v) is 6.70. The fourth-order valence-corrected chi connectivity index (χ4v) is 3.93. The molecule has 0 aliphatic heterocycles. The number of thioether (sulfide) groups is 1. The highest BCUT2D eigenvalue weighted by molar-refractivity contribution is 9.10. The van der Waals surface area contributed by atoms with Crippen molar-refractivity contribution in [3.05, 3.63) is 55.4 Å². The Labute approximate surface area is 221 Å². The van der Waals surface area contributed by atoms with Gasteiger partial charge < -0.3 is 9.84 Å². The molecule has 12 heteroatoms. The highest BCUT2D eigenvalue weighted by Crippen LogP contribution is 2.29. The smallest absolute Gasteiger partial charge is 0.331 e. The molecule has 0 heterocycles. The van der Waals surface area contributed by atoms with Crippen LogP contribution in [0.1, 0.15) is 6.92 Å². The second kappa shape index (κ2) is 16.2. The molecule has 1 atom stereocenters. The number of methoxy groups -OCH3 is 1. The number of benzene rings is 2. The number of alkyl halides is 1. The fraction of sp³-hybridized carbons (Fsp3) is 0.211. The minimum absolute atomic E-state index is 0.0240. The SMILES string of the molecule is COC(=O)C(Cl)C(C)=O.O=C(O)CSc1cc(Br)ccc1Cl.Sc1cc(Br)ccc1Cl. The molecule has 170 valence electrons. The first kappa shape index (κ1) is 30.6. The molecule has 0 bridgehead atoms. The van der Waals surface area contributed by atoms with E-state index >= 15 is 0 Å². The molecule has 0 spiro atoms. The van der Waals surface area contributed by atoms with Crippen LogP contribution >= 0.6 is 91.1 Å². The zero-order valence-corrected chi connectivity index (χ0v) is 23.2. The first-order valence-corrected chi connectivity index (χ1v) is 12.3. The monoisotopic (exact) mass is 652 g/mol. The molecule has 1 N–H and O–H groups in total. The van der Waals surface area contributed by atoms with Gasteiger partial charge in [0.2, 0.25) is 0 Å². The lowest BCUT2D eigenvalue weighted by Crippen LogP contribution is -2.23. The second-order valence-electron chi connectivity index (χ2n) is 5.35. The zero-order valence-electron chi connectivity index (χ0n) is 16.1. The van der Waals surface area contributed by atoms with Crippen molar-refractivity contribution < 1.29 is 24.2 Å². The van der Waals surface area contributed by atoms with Gasteiger partial charge in [-0.3, -0.25) is 9.59 Å². The largest absolute Gasteiger partial charge is 0.481 e. The molecule has 0 aromatic heterocycles. The first-order chi connectivity index (χ1) is 14.4. The summed E-state index contributed by atoms with van der Waals surface area (Å²) in [5.74, 6) is -1.93. The molecule has 2 aromatic carbocycles. The quantitative estimate of drug-likeness (QED) is 0.119. The maximum atomic E-state index is 10.4. The third kappa shape index (κ3) is 13.7. The fourth-order valence-electron chi connectivity index (χ4n) is 1.48. The molecule has 0 aliphatic carbocycles. The van der Waals surface area contributed by atoms with Crippen molar-refractivity contribution in [3.8, 4) is 0 Å². The van der Waals surface area contributed by atoms with Crippen LogP contribution < -0.4 is 0 Å². The molecule has 0 saturated heterocycles. The molecule has 31 heavy (non-hydrogen) atoms. The highest BCUT2D eigenvalue weighted by atomic mass is 79.9. The number of carbonyl (C=O) groups excluding carboxylic acids is 2. The van der Waals surface area contributed by atoms with Gasteiger partial charge in [0.1, 0.15) is 0 Å². The van der Waals surface area contributed by atoms with Crippen LogP contribution in [0.4, 0.5) is 0 Å². The first-order valence-electron chi connectivity index (χ1n) is 8.05. The summed E-state index contributed by atoms with van der Waals surface area (Å²) in [6.45, 7) is 1.23. The third-order valence-electron chi connectivity index (χ3n) is 2.92. The van der Waals surface area contributed by atoms with Crippen molar-refractivity contribution in [1.82, 2.24) is 0 Å². The van der Waals surface area contributed by atoms with Gasteiger partial charge in [0.05, 0.1) is 22.9 Å². The van der Waals surface area contributed by atoms with Crippen LogP contribution in [0.5, 0.6) is 0 Å². The minimum Gasteiger partial charge on any atom is -0.481 e. The number of thiol groups is 1.